The van der Waals surface area contributed by atoms with Crippen LogP contribution in [-0.2, 0) is 4.52 Å². The zero-order valence-corrected chi connectivity index (χ0v) is 18.6. The molecule has 0 bridgehead atoms. The van der Waals surface area contributed by atoms with E-state index in [-0.39, 0.29) is 0 Å². The fourth-order valence-electron chi connectivity index (χ4n) is 8.66. The lowest BCUT2D eigenvalue weighted by Gasteiger charge is -2.63. The van der Waals surface area contributed by atoms with Crippen molar-refractivity contribution in [1.29, 1.82) is 0 Å². The van der Waals surface area contributed by atoms with Crippen LogP contribution in [0.2, 0.25) is 0 Å². The standard InChI is InChI=1S/C23H41O2P/c1-14-7-9-22(3)16(11-14)12-20(25-26)21-18-6-5-17(15(2)13-24)23(18,4)10-8-19(21)22/h14-21,24H,5-13,26H2,1-4H3/t14-,15-,16+,17-,18?,19?,20?,21+,22+,23-/m1/s1. The van der Waals surface area contributed by atoms with Gasteiger partial charge >= 0.3 is 0 Å². The SMILES string of the molecule is C[C@@H]1CC[C@]2(C)C3CC[C@@]4(C)C(CC[C@@H]4[C@H](C)CO)[C@@H]3C(OP)C[C@@H]2C1. The second-order valence-corrected chi connectivity index (χ2v) is 11.4. The van der Waals surface area contributed by atoms with Crippen LogP contribution in [0.15, 0.2) is 0 Å². The number of fused-ring (bicyclic) bond motifs is 5. The molecule has 0 aromatic carbocycles. The van der Waals surface area contributed by atoms with Gasteiger partial charge in [0.15, 0.2) is 0 Å². The quantitative estimate of drug-likeness (QED) is 0.637. The van der Waals surface area contributed by atoms with Crippen LogP contribution in [0.5, 0.6) is 0 Å². The Morgan fingerprint density at radius 2 is 1.73 bits per heavy atom. The summed E-state index contributed by atoms with van der Waals surface area (Å²) in [4.78, 5) is 0. The van der Waals surface area contributed by atoms with Crippen molar-refractivity contribution in [2.24, 2.45) is 52.3 Å². The molecule has 0 aromatic heterocycles. The van der Waals surface area contributed by atoms with E-state index in [2.05, 4.69) is 37.2 Å². The Morgan fingerprint density at radius 3 is 2.42 bits per heavy atom. The second-order valence-electron chi connectivity index (χ2n) is 11.2. The first-order chi connectivity index (χ1) is 12.3. The highest BCUT2D eigenvalue weighted by atomic mass is 31.0. The van der Waals surface area contributed by atoms with E-state index in [9.17, 15) is 5.11 Å². The van der Waals surface area contributed by atoms with E-state index in [1.165, 1.54) is 51.4 Å². The maximum atomic E-state index is 9.82. The van der Waals surface area contributed by atoms with Gasteiger partial charge in [0, 0.05) is 16.1 Å². The van der Waals surface area contributed by atoms with Crippen LogP contribution in [-0.4, -0.2) is 17.8 Å². The molecule has 0 heterocycles. The van der Waals surface area contributed by atoms with E-state index in [4.69, 9.17) is 4.52 Å². The van der Waals surface area contributed by atoms with Crippen LogP contribution in [0.4, 0.5) is 0 Å². The van der Waals surface area contributed by atoms with Gasteiger partial charge in [-0.3, -0.25) is 0 Å². The number of hydrogen-bond acceptors (Lipinski definition) is 2. The molecule has 4 rings (SSSR count). The van der Waals surface area contributed by atoms with Crippen LogP contribution < -0.4 is 0 Å². The van der Waals surface area contributed by atoms with Crippen molar-refractivity contribution in [3.8, 4) is 0 Å². The Hall–Kier alpha value is 0.350. The lowest BCUT2D eigenvalue weighted by atomic mass is 9.43. The van der Waals surface area contributed by atoms with Crippen LogP contribution in [0.3, 0.4) is 0 Å². The van der Waals surface area contributed by atoms with E-state index >= 15 is 0 Å². The molecular weight excluding hydrogens is 339 g/mol. The molecule has 4 fully saturated rings. The highest BCUT2D eigenvalue weighted by Gasteiger charge is 2.63. The molecule has 0 saturated heterocycles. The molecule has 4 saturated carbocycles. The third kappa shape index (κ3) is 2.76. The molecule has 4 aliphatic rings. The summed E-state index contributed by atoms with van der Waals surface area (Å²) in [5.74, 6) is 5.26. The lowest BCUT2D eigenvalue weighted by molar-refractivity contribution is -0.160. The number of aliphatic hydroxyl groups is 1. The lowest BCUT2D eigenvalue weighted by Crippen LogP contribution is -2.58. The fraction of sp³-hybridized carbons (Fsp3) is 1.00. The Bertz CT molecular complexity index is 524. The zero-order chi connectivity index (χ0) is 18.7. The van der Waals surface area contributed by atoms with Crippen molar-refractivity contribution in [1.82, 2.24) is 0 Å². The molecule has 2 nitrogen and oxygen atoms in total. The summed E-state index contributed by atoms with van der Waals surface area (Å²) >= 11 is 0. The number of rotatable bonds is 3. The van der Waals surface area contributed by atoms with Crippen LogP contribution in [0.1, 0.15) is 79.1 Å². The zero-order valence-electron chi connectivity index (χ0n) is 17.4. The molecule has 4 aliphatic carbocycles. The fourth-order valence-corrected chi connectivity index (χ4v) is 8.95. The van der Waals surface area contributed by atoms with Gasteiger partial charge in [-0.1, -0.05) is 34.1 Å². The summed E-state index contributed by atoms with van der Waals surface area (Å²) in [6.07, 6.45) is 11.4. The molecular formula is C23H41O2P. The highest BCUT2D eigenvalue weighted by Crippen LogP contribution is 2.68. The van der Waals surface area contributed by atoms with Crippen molar-refractivity contribution >= 4 is 9.47 Å². The first-order valence-electron chi connectivity index (χ1n) is 11.3. The molecule has 3 heteroatoms. The van der Waals surface area contributed by atoms with Crippen LogP contribution >= 0.6 is 9.47 Å². The van der Waals surface area contributed by atoms with Gasteiger partial charge in [0.1, 0.15) is 0 Å². The molecule has 4 unspecified atom stereocenters. The summed E-state index contributed by atoms with van der Waals surface area (Å²) in [5, 5.41) is 9.82. The number of aliphatic hydroxyl groups excluding tert-OH is 1. The predicted octanol–water partition coefficient (Wildman–Crippen LogP) is 5.70. The highest BCUT2D eigenvalue weighted by molar-refractivity contribution is 7.09. The predicted molar refractivity (Wildman–Crippen MR) is 111 cm³/mol. The molecule has 150 valence electrons. The molecule has 26 heavy (non-hydrogen) atoms. The first-order valence-corrected chi connectivity index (χ1v) is 11.8. The summed E-state index contributed by atoms with van der Waals surface area (Å²) < 4.78 is 6.13. The van der Waals surface area contributed by atoms with Gasteiger partial charge in [-0.25, -0.2) is 0 Å². The summed E-state index contributed by atoms with van der Waals surface area (Å²) in [7, 11) is 2.63. The summed E-state index contributed by atoms with van der Waals surface area (Å²) in [5.41, 5.74) is 0.953. The molecule has 0 aromatic rings. The van der Waals surface area contributed by atoms with E-state index in [1.54, 1.807) is 0 Å². The third-order valence-electron chi connectivity index (χ3n) is 10.1. The van der Waals surface area contributed by atoms with Gasteiger partial charge in [-0.15, -0.1) is 0 Å². The Kier molecular flexibility index (Phi) is 5.29. The van der Waals surface area contributed by atoms with E-state index in [1.807, 2.05) is 0 Å². The van der Waals surface area contributed by atoms with Crippen molar-refractivity contribution in [3.63, 3.8) is 0 Å². The minimum atomic E-state index is 0.350. The largest absolute Gasteiger partial charge is 0.396 e. The average Bonchev–Trinajstić information content (AvgIpc) is 2.98. The Morgan fingerprint density at radius 1 is 1.04 bits per heavy atom. The Labute approximate surface area is 163 Å². The van der Waals surface area contributed by atoms with Crippen LogP contribution in [0.25, 0.3) is 0 Å². The molecule has 11 atom stereocenters. The topological polar surface area (TPSA) is 29.5 Å². The first kappa shape index (κ1) is 19.7. The monoisotopic (exact) mass is 380 g/mol. The summed E-state index contributed by atoms with van der Waals surface area (Å²) in [6, 6.07) is 0. The average molecular weight is 381 g/mol. The molecule has 1 N–H and O–H groups in total. The third-order valence-corrected chi connectivity index (χ3v) is 10.5. The van der Waals surface area contributed by atoms with Gasteiger partial charge < -0.3 is 9.63 Å². The molecule has 0 radical (unpaired) electrons. The number of hydrogen-bond donors (Lipinski definition) is 1. The van der Waals surface area contributed by atoms with E-state index < -0.39 is 0 Å². The summed E-state index contributed by atoms with van der Waals surface area (Å²) in [6.45, 7) is 10.3. The van der Waals surface area contributed by atoms with E-state index in [0.717, 1.165) is 29.6 Å². The second kappa shape index (κ2) is 7.00. The van der Waals surface area contributed by atoms with Crippen molar-refractivity contribution in [2.45, 2.75) is 85.2 Å². The molecule has 0 aliphatic heterocycles. The van der Waals surface area contributed by atoms with Crippen molar-refractivity contribution in [2.75, 3.05) is 6.61 Å². The molecule has 0 amide bonds. The van der Waals surface area contributed by atoms with E-state index in [0.29, 0.717) is 35.4 Å². The maximum Gasteiger partial charge on any atom is 0.0647 e. The van der Waals surface area contributed by atoms with Crippen LogP contribution in [0, 0.1) is 52.3 Å². The smallest absolute Gasteiger partial charge is 0.0647 e. The minimum Gasteiger partial charge on any atom is -0.396 e. The van der Waals surface area contributed by atoms with Crippen molar-refractivity contribution in [3.05, 3.63) is 0 Å². The minimum absolute atomic E-state index is 0.350. The van der Waals surface area contributed by atoms with Crippen molar-refractivity contribution < 1.29 is 9.63 Å². The van der Waals surface area contributed by atoms with Gasteiger partial charge in [-0.2, -0.15) is 0 Å². The maximum absolute atomic E-state index is 9.82. The molecule has 0 spiro atoms. The Balaban J connectivity index is 1.66. The van der Waals surface area contributed by atoms with Gasteiger partial charge in [-0.05, 0) is 97.2 Å². The normalized spacial score (nSPS) is 54.9. The van der Waals surface area contributed by atoms with Gasteiger partial charge in [0.2, 0.25) is 0 Å². The van der Waals surface area contributed by atoms with Gasteiger partial charge in [0.05, 0.1) is 6.10 Å². The van der Waals surface area contributed by atoms with Gasteiger partial charge in [0.25, 0.3) is 0 Å².